The van der Waals surface area contributed by atoms with Gasteiger partial charge >= 0.3 is 6.09 Å². The van der Waals surface area contributed by atoms with Crippen molar-refractivity contribution in [2.45, 2.75) is 38.8 Å². The molecule has 0 heterocycles. The molecule has 6 heteroatoms. The summed E-state index contributed by atoms with van der Waals surface area (Å²) in [6.07, 6.45) is 0.0163. The fraction of sp³-hybridized carbons (Fsp3) is 0.533. The lowest BCUT2D eigenvalue weighted by atomic mass is 10.1. The molecule has 0 saturated heterocycles. The quantitative estimate of drug-likeness (QED) is 0.876. The maximum atomic E-state index is 11.6. The molecule has 1 atom stereocenters. The minimum absolute atomic E-state index is 0.286. The van der Waals surface area contributed by atoms with E-state index in [1.54, 1.807) is 33.9 Å². The second kappa shape index (κ2) is 7.52. The number of carbonyl (C=O) groups excluding carboxylic acids is 1. The van der Waals surface area contributed by atoms with Crippen molar-refractivity contribution in [2.75, 3.05) is 13.7 Å². The van der Waals surface area contributed by atoms with Gasteiger partial charge in [0, 0.05) is 23.2 Å². The van der Waals surface area contributed by atoms with Crippen LogP contribution < -0.4 is 15.8 Å². The van der Waals surface area contributed by atoms with E-state index in [2.05, 4.69) is 5.32 Å². The number of nitrogens with two attached hydrogens (primary N) is 1. The highest BCUT2D eigenvalue weighted by atomic mass is 35.5. The smallest absolute Gasteiger partial charge is 0.407 e. The van der Waals surface area contributed by atoms with Crippen molar-refractivity contribution >= 4 is 17.7 Å². The van der Waals surface area contributed by atoms with E-state index in [4.69, 9.17) is 26.8 Å². The average Bonchev–Trinajstić information content (AvgIpc) is 2.37. The van der Waals surface area contributed by atoms with E-state index in [0.717, 1.165) is 5.56 Å². The first-order valence-electron chi connectivity index (χ1n) is 6.76. The third-order valence-electron chi connectivity index (χ3n) is 2.67. The van der Waals surface area contributed by atoms with Gasteiger partial charge in [-0.1, -0.05) is 17.7 Å². The molecule has 1 unspecified atom stereocenters. The molecule has 0 radical (unpaired) electrons. The Morgan fingerprint density at radius 2 is 2.10 bits per heavy atom. The Morgan fingerprint density at radius 3 is 2.67 bits per heavy atom. The number of rotatable bonds is 5. The number of benzene rings is 1. The van der Waals surface area contributed by atoms with Crippen molar-refractivity contribution < 1.29 is 14.3 Å². The van der Waals surface area contributed by atoms with Crippen LogP contribution in [0.3, 0.4) is 0 Å². The summed E-state index contributed by atoms with van der Waals surface area (Å²) < 4.78 is 10.4. The first kappa shape index (κ1) is 17.6. The van der Waals surface area contributed by atoms with Gasteiger partial charge in [0.05, 0.1) is 7.11 Å². The summed E-state index contributed by atoms with van der Waals surface area (Å²) >= 11 is 6.15. The minimum atomic E-state index is -0.528. The van der Waals surface area contributed by atoms with Crippen LogP contribution in [0.5, 0.6) is 5.75 Å². The summed E-state index contributed by atoms with van der Waals surface area (Å²) in [5.74, 6) is 0.690. The summed E-state index contributed by atoms with van der Waals surface area (Å²) in [4.78, 5) is 11.6. The second-order valence-electron chi connectivity index (χ2n) is 5.77. The fourth-order valence-electron chi connectivity index (χ4n) is 1.79. The normalized spacial score (nSPS) is 12.7. The molecule has 1 rings (SSSR count). The molecular formula is C15H23ClN2O3. The highest BCUT2D eigenvalue weighted by Crippen LogP contribution is 2.27. The molecule has 0 aliphatic heterocycles. The lowest BCUT2D eigenvalue weighted by Gasteiger charge is -2.21. The summed E-state index contributed by atoms with van der Waals surface area (Å²) in [5.41, 5.74) is 6.33. The van der Waals surface area contributed by atoms with Crippen molar-refractivity contribution in [1.82, 2.24) is 5.32 Å². The zero-order chi connectivity index (χ0) is 16.0. The summed E-state index contributed by atoms with van der Waals surface area (Å²) in [6, 6.07) is 5.14. The van der Waals surface area contributed by atoms with Gasteiger partial charge < -0.3 is 20.5 Å². The number of hydrogen-bond donors (Lipinski definition) is 2. The number of ether oxygens (including phenoxy) is 2. The maximum Gasteiger partial charge on any atom is 0.407 e. The molecule has 1 aromatic rings. The zero-order valence-electron chi connectivity index (χ0n) is 12.9. The zero-order valence-corrected chi connectivity index (χ0v) is 13.7. The monoisotopic (exact) mass is 314 g/mol. The molecular weight excluding hydrogens is 292 g/mol. The molecule has 0 aromatic heterocycles. The van der Waals surface area contributed by atoms with E-state index >= 15 is 0 Å². The SMILES string of the molecule is COc1cccc(Cl)c1CC(N)CNC(=O)OC(C)(C)C. The fourth-order valence-corrected chi connectivity index (χ4v) is 2.03. The van der Waals surface area contributed by atoms with Crippen LogP contribution in [0.1, 0.15) is 26.3 Å². The van der Waals surface area contributed by atoms with Gasteiger partial charge in [-0.15, -0.1) is 0 Å². The van der Waals surface area contributed by atoms with Crippen LogP contribution in [-0.2, 0) is 11.2 Å². The predicted octanol–water partition coefficient (Wildman–Crippen LogP) is 2.74. The van der Waals surface area contributed by atoms with Crippen LogP contribution in [0.25, 0.3) is 0 Å². The standard InChI is InChI=1S/C15H23ClN2O3/c1-15(2,3)21-14(19)18-9-10(17)8-11-12(16)6-5-7-13(11)20-4/h5-7,10H,8-9,17H2,1-4H3,(H,18,19). The number of hydrogen-bond acceptors (Lipinski definition) is 4. The Balaban J connectivity index is 2.55. The van der Waals surface area contributed by atoms with E-state index in [-0.39, 0.29) is 6.04 Å². The van der Waals surface area contributed by atoms with E-state index in [0.29, 0.717) is 23.7 Å². The number of halogens is 1. The van der Waals surface area contributed by atoms with Crippen LogP contribution >= 0.6 is 11.6 Å². The highest BCUT2D eigenvalue weighted by Gasteiger charge is 2.17. The van der Waals surface area contributed by atoms with Crippen molar-refractivity contribution in [3.05, 3.63) is 28.8 Å². The number of alkyl carbamates (subject to hydrolysis) is 1. The van der Waals surface area contributed by atoms with Gasteiger partial charge in [-0.05, 0) is 39.3 Å². The first-order chi connectivity index (χ1) is 9.73. The Bertz CT molecular complexity index is 486. The average molecular weight is 315 g/mol. The van der Waals surface area contributed by atoms with E-state index in [1.807, 2.05) is 12.1 Å². The van der Waals surface area contributed by atoms with Gasteiger partial charge in [0.2, 0.25) is 0 Å². The van der Waals surface area contributed by atoms with Crippen molar-refractivity contribution in [1.29, 1.82) is 0 Å². The number of carbonyl (C=O) groups is 1. The summed E-state index contributed by atoms with van der Waals surface area (Å²) in [6.45, 7) is 5.71. The third kappa shape index (κ3) is 6.23. The van der Waals surface area contributed by atoms with Crippen LogP contribution in [0, 0.1) is 0 Å². The Morgan fingerprint density at radius 1 is 1.43 bits per heavy atom. The lowest BCUT2D eigenvalue weighted by molar-refractivity contribution is 0.0524. The first-order valence-corrected chi connectivity index (χ1v) is 7.14. The second-order valence-corrected chi connectivity index (χ2v) is 6.17. The van der Waals surface area contributed by atoms with Crippen LogP contribution in [0.15, 0.2) is 18.2 Å². The van der Waals surface area contributed by atoms with Gasteiger partial charge in [-0.2, -0.15) is 0 Å². The lowest BCUT2D eigenvalue weighted by Crippen LogP contribution is -2.41. The molecule has 0 fully saturated rings. The molecule has 5 nitrogen and oxygen atoms in total. The van der Waals surface area contributed by atoms with Crippen LogP contribution in [-0.4, -0.2) is 31.4 Å². The van der Waals surface area contributed by atoms with Gasteiger partial charge in [-0.25, -0.2) is 4.79 Å². The molecule has 0 bridgehead atoms. The van der Waals surface area contributed by atoms with Gasteiger partial charge in [0.25, 0.3) is 0 Å². The van der Waals surface area contributed by atoms with Crippen LogP contribution in [0.4, 0.5) is 4.79 Å². The van der Waals surface area contributed by atoms with Gasteiger partial charge in [0.15, 0.2) is 0 Å². The molecule has 0 aliphatic carbocycles. The van der Waals surface area contributed by atoms with Gasteiger partial charge in [-0.3, -0.25) is 0 Å². The number of nitrogens with one attached hydrogen (secondary N) is 1. The topological polar surface area (TPSA) is 73.6 Å². The predicted molar refractivity (Wildman–Crippen MR) is 83.9 cm³/mol. The van der Waals surface area contributed by atoms with Crippen molar-refractivity contribution in [2.24, 2.45) is 5.73 Å². The van der Waals surface area contributed by atoms with Crippen LogP contribution in [0.2, 0.25) is 5.02 Å². The molecule has 21 heavy (non-hydrogen) atoms. The summed E-state index contributed by atoms with van der Waals surface area (Å²) in [7, 11) is 1.58. The largest absolute Gasteiger partial charge is 0.496 e. The maximum absolute atomic E-state index is 11.6. The van der Waals surface area contributed by atoms with Gasteiger partial charge in [0.1, 0.15) is 11.4 Å². The van der Waals surface area contributed by atoms with E-state index < -0.39 is 11.7 Å². The number of amides is 1. The molecule has 0 saturated carbocycles. The highest BCUT2D eigenvalue weighted by molar-refractivity contribution is 6.31. The Hall–Kier alpha value is -1.46. The molecule has 0 aliphatic rings. The summed E-state index contributed by atoms with van der Waals surface area (Å²) in [5, 5.41) is 3.25. The molecule has 118 valence electrons. The number of methoxy groups -OCH3 is 1. The van der Waals surface area contributed by atoms with E-state index in [1.165, 1.54) is 0 Å². The Labute approximate surface area is 130 Å². The van der Waals surface area contributed by atoms with E-state index in [9.17, 15) is 4.79 Å². The molecule has 1 aromatic carbocycles. The van der Waals surface area contributed by atoms with Crippen molar-refractivity contribution in [3.63, 3.8) is 0 Å². The van der Waals surface area contributed by atoms with Crippen molar-refractivity contribution in [3.8, 4) is 5.75 Å². The molecule has 3 N–H and O–H groups in total. The Kier molecular flexibility index (Phi) is 6.30. The molecule has 1 amide bonds. The molecule has 0 spiro atoms. The third-order valence-corrected chi connectivity index (χ3v) is 3.02. The minimum Gasteiger partial charge on any atom is -0.496 e.